The minimum Gasteiger partial charge on any atom is -0.467 e. The molecule has 1 heterocycles. The van der Waals surface area contributed by atoms with Gasteiger partial charge in [-0.05, 0) is 29.4 Å². The molecule has 29 heavy (non-hydrogen) atoms. The predicted octanol–water partition coefficient (Wildman–Crippen LogP) is 1.63. The van der Waals surface area contributed by atoms with Crippen LogP contribution in [0.3, 0.4) is 0 Å². The topological polar surface area (TPSA) is 102 Å². The Kier molecular flexibility index (Phi) is 7.79. The number of rotatable bonds is 7. The number of hydrogen-bond acceptors (Lipinski definition) is 5. The molecule has 0 aliphatic carbocycles. The Balaban J connectivity index is 2.31. The van der Waals surface area contributed by atoms with Crippen molar-refractivity contribution in [1.29, 1.82) is 0 Å². The highest BCUT2D eigenvalue weighted by Gasteiger charge is 2.39. The van der Waals surface area contributed by atoms with E-state index in [1.54, 1.807) is 0 Å². The number of carbonyl (C=O) groups is 3. The molecule has 3 atom stereocenters. The quantitative estimate of drug-likeness (QED) is 0.674. The molecule has 0 spiro atoms. The van der Waals surface area contributed by atoms with E-state index < -0.39 is 24.1 Å². The summed E-state index contributed by atoms with van der Waals surface area (Å²) in [6.45, 7) is 7.99. The summed E-state index contributed by atoms with van der Waals surface area (Å²) in [5.41, 5.74) is 7.99. The van der Waals surface area contributed by atoms with Crippen LogP contribution in [0.15, 0.2) is 24.3 Å². The van der Waals surface area contributed by atoms with Crippen LogP contribution in [-0.2, 0) is 32.1 Å². The number of nitrogens with zero attached hydrogens (tertiary/aromatic N) is 1. The second kappa shape index (κ2) is 9.87. The maximum Gasteiger partial charge on any atom is 0.328 e. The van der Waals surface area contributed by atoms with E-state index in [-0.39, 0.29) is 23.7 Å². The maximum atomic E-state index is 13.5. The lowest BCUT2D eigenvalue weighted by atomic mass is 9.92. The Morgan fingerprint density at radius 2 is 1.79 bits per heavy atom. The zero-order valence-corrected chi connectivity index (χ0v) is 18.0. The van der Waals surface area contributed by atoms with E-state index in [1.807, 2.05) is 52.0 Å². The Bertz CT molecular complexity index is 747. The molecular formula is C22H33N3O4. The van der Waals surface area contributed by atoms with Crippen LogP contribution in [0.5, 0.6) is 0 Å². The van der Waals surface area contributed by atoms with E-state index in [0.717, 1.165) is 11.1 Å². The van der Waals surface area contributed by atoms with E-state index >= 15 is 0 Å². The Hall–Kier alpha value is -2.41. The molecule has 3 N–H and O–H groups in total. The third-order valence-electron chi connectivity index (χ3n) is 5.35. The van der Waals surface area contributed by atoms with E-state index in [1.165, 1.54) is 12.0 Å². The number of esters is 1. The van der Waals surface area contributed by atoms with Gasteiger partial charge in [-0.2, -0.15) is 0 Å². The largest absolute Gasteiger partial charge is 0.467 e. The fraction of sp³-hybridized carbons (Fsp3) is 0.591. The van der Waals surface area contributed by atoms with Gasteiger partial charge in [-0.3, -0.25) is 9.59 Å². The Labute approximate surface area is 173 Å². The van der Waals surface area contributed by atoms with Gasteiger partial charge in [0, 0.05) is 13.0 Å². The summed E-state index contributed by atoms with van der Waals surface area (Å²) in [6.07, 6.45) is 0.851. The van der Waals surface area contributed by atoms with Gasteiger partial charge in [0.2, 0.25) is 11.8 Å². The van der Waals surface area contributed by atoms with Crippen LogP contribution in [0.25, 0.3) is 0 Å². The van der Waals surface area contributed by atoms with Gasteiger partial charge in [-0.25, -0.2) is 4.79 Å². The molecule has 1 aliphatic heterocycles. The van der Waals surface area contributed by atoms with Crippen molar-refractivity contribution in [2.75, 3.05) is 7.11 Å². The summed E-state index contributed by atoms with van der Waals surface area (Å²) in [5, 5.41) is 2.82. The lowest BCUT2D eigenvalue weighted by molar-refractivity contribution is -0.155. The van der Waals surface area contributed by atoms with Gasteiger partial charge < -0.3 is 20.7 Å². The van der Waals surface area contributed by atoms with Crippen molar-refractivity contribution in [3.8, 4) is 0 Å². The van der Waals surface area contributed by atoms with Gasteiger partial charge in [0.05, 0.1) is 13.2 Å². The van der Waals surface area contributed by atoms with Crippen molar-refractivity contribution in [3.63, 3.8) is 0 Å². The molecule has 0 saturated carbocycles. The number of nitrogens with one attached hydrogen (secondary N) is 1. The monoisotopic (exact) mass is 403 g/mol. The first-order valence-electron chi connectivity index (χ1n) is 10.2. The molecule has 2 amide bonds. The van der Waals surface area contributed by atoms with Gasteiger partial charge in [0.15, 0.2) is 0 Å². The van der Waals surface area contributed by atoms with Crippen molar-refractivity contribution < 1.29 is 19.1 Å². The first kappa shape index (κ1) is 22.9. The number of methoxy groups -OCH3 is 1. The van der Waals surface area contributed by atoms with Gasteiger partial charge in [0.1, 0.15) is 12.1 Å². The number of amides is 2. The number of carbonyl (C=O) groups excluding carboxylic acids is 3. The van der Waals surface area contributed by atoms with Gasteiger partial charge >= 0.3 is 5.97 Å². The van der Waals surface area contributed by atoms with Crippen LogP contribution in [-0.4, -0.2) is 47.9 Å². The first-order valence-corrected chi connectivity index (χ1v) is 10.2. The van der Waals surface area contributed by atoms with Crippen LogP contribution < -0.4 is 11.1 Å². The molecule has 7 nitrogen and oxygen atoms in total. The van der Waals surface area contributed by atoms with Crippen molar-refractivity contribution in [2.45, 2.75) is 65.2 Å². The highest BCUT2D eigenvalue weighted by molar-refractivity contribution is 5.92. The number of benzene rings is 1. The van der Waals surface area contributed by atoms with Crippen LogP contribution in [0.4, 0.5) is 0 Å². The molecule has 0 unspecified atom stereocenters. The standard InChI is InChI=1S/C22H33N3O4/c1-13(2)10-17(24-20(26)19(23)14(3)4)21(27)25-12-16-9-7-6-8-15(16)11-18(25)22(28)29-5/h6-9,13-14,17-19H,10-12,23H2,1-5H3,(H,24,26)/t17-,18-,19-/m0/s1. The van der Waals surface area contributed by atoms with Crippen LogP contribution in [0.1, 0.15) is 45.2 Å². The van der Waals surface area contributed by atoms with Crippen LogP contribution >= 0.6 is 0 Å². The molecule has 0 bridgehead atoms. The Morgan fingerprint density at radius 3 is 2.34 bits per heavy atom. The second-order valence-electron chi connectivity index (χ2n) is 8.44. The lowest BCUT2D eigenvalue weighted by Crippen LogP contribution is -2.58. The summed E-state index contributed by atoms with van der Waals surface area (Å²) < 4.78 is 4.96. The van der Waals surface area contributed by atoms with E-state index in [4.69, 9.17) is 10.5 Å². The van der Waals surface area contributed by atoms with Crippen molar-refractivity contribution >= 4 is 17.8 Å². The summed E-state index contributed by atoms with van der Waals surface area (Å²) in [4.78, 5) is 40.0. The molecule has 7 heteroatoms. The summed E-state index contributed by atoms with van der Waals surface area (Å²) in [6, 6.07) is 5.58. The van der Waals surface area contributed by atoms with Gasteiger partial charge in [-0.15, -0.1) is 0 Å². The smallest absolute Gasteiger partial charge is 0.328 e. The fourth-order valence-electron chi connectivity index (χ4n) is 3.56. The third-order valence-corrected chi connectivity index (χ3v) is 5.35. The zero-order chi connectivity index (χ0) is 21.7. The minimum atomic E-state index is -0.746. The molecule has 1 aliphatic rings. The normalized spacial score (nSPS) is 18.2. The first-order chi connectivity index (χ1) is 13.6. The number of fused-ring (bicyclic) bond motifs is 1. The molecule has 0 saturated heterocycles. The number of ether oxygens (including phenoxy) is 1. The van der Waals surface area contributed by atoms with Gasteiger partial charge in [0.25, 0.3) is 0 Å². The molecule has 1 aromatic carbocycles. The average Bonchev–Trinajstić information content (AvgIpc) is 2.69. The highest BCUT2D eigenvalue weighted by Crippen LogP contribution is 2.25. The summed E-state index contributed by atoms with van der Waals surface area (Å²) in [5.74, 6) is -0.969. The minimum absolute atomic E-state index is 0.0468. The lowest BCUT2D eigenvalue weighted by Gasteiger charge is -2.37. The molecule has 1 aromatic rings. The fourth-order valence-corrected chi connectivity index (χ4v) is 3.56. The molecule has 0 fully saturated rings. The highest BCUT2D eigenvalue weighted by atomic mass is 16.5. The maximum absolute atomic E-state index is 13.5. The van der Waals surface area contributed by atoms with E-state index in [0.29, 0.717) is 19.4 Å². The van der Waals surface area contributed by atoms with Crippen LogP contribution in [0, 0.1) is 11.8 Å². The van der Waals surface area contributed by atoms with Crippen molar-refractivity contribution in [3.05, 3.63) is 35.4 Å². The summed E-state index contributed by atoms with van der Waals surface area (Å²) in [7, 11) is 1.32. The average molecular weight is 404 g/mol. The van der Waals surface area contributed by atoms with Crippen molar-refractivity contribution in [1.82, 2.24) is 10.2 Å². The number of nitrogens with two attached hydrogens (primary N) is 1. The molecule has 2 rings (SSSR count). The molecule has 160 valence electrons. The van der Waals surface area contributed by atoms with Gasteiger partial charge in [-0.1, -0.05) is 52.0 Å². The molecule has 0 radical (unpaired) electrons. The van der Waals surface area contributed by atoms with Crippen molar-refractivity contribution in [2.24, 2.45) is 17.6 Å². The van der Waals surface area contributed by atoms with Crippen LogP contribution in [0.2, 0.25) is 0 Å². The summed E-state index contributed by atoms with van der Waals surface area (Å²) >= 11 is 0. The third kappa shape index (κ3) is 5.56. The Morgan fingerprint density at radius 1 is 1.17 bits per heavy atom. The SMILES string of the molecule is COC(=O)[C@@H]1Cc2ccccc2CN1C(=O)[C@H](CC(C)C)NC(=O)[C@@H](N)C(C)C. The second-order valence-corrected chi connectivity index (χ2v) is 8.44. The van der Waals surface area contributed by atoms with E-state index in [2.05, 4.69) is 5.32 Å². The zero-order valence-electron chi connectivity index (χ0n) is 18.0. The predicted molar refractivity (Wildman–Crippen MR) is 111 cm³/mol. The number of hydrogen-bond donors (Lipinski definition) is 2. The molecular weight excluding hydrogens is 370 g/mol. The molecule has 0 aromatic heterocycles. The van der Waals surface area contributed by atoms with E-state index in [9.17, 15) is 14.4 Å².